The van der Waals surface area contributed by atoms with Gasteiger partial charge in [0.05, 0.1) is 6.04 Å². The van der Waals surface area contributed by atoms with Crippen LogP contribution < -0.4 is 0 Å². The van der Waals surface area contributed by atoms with E-state index < -0.39 is 0 Å². The monoisotopic (exact) mass is 309 g/mol. The number of hydrogen-bond donors (Lipinski definition) is 0. The van der Waals surface area contributed by atoms with Crippen molar-refractivity contribution in [3.8, 4) is 0 Å². The van der Waals surface area contributed by atoms with E-state index in [4.69, 9.17) is 0 Å². The molecule has 2 fully saturated rings. The van der Waals surface area contributed by atoms with Crippen LogP contribution in [-0.4, -0.2) is 72.5 Å². The minimum atomic E-state index is 0.0405. The highest BCUT2D eigenvalue weighted by Crippen LogP contribution is 2.22. The van der Waals surface area contributed by atoms with Crippen LogP contribution in [0.2, 0.25) is 0 Å². The summed E-state index contributed by atoms with van der Waals surface area (Å²) in [6.45, 7) is 18.5. The number of carbonyl (C=O) groups is 1. The summed E-state index contributed by atoms with van der Waals surface area (Å²) < 4.78 is 0. The zero-order chi connectivity index (χ0) is 16.3. The first-order valence-corrected chi connectivity index (χ1v) is 9.12. The van der Waals surface area contributed by atoms with Gasteiger partial charge in [-0.25, -0.2) is 0 Å². The lowest BCUT2D eigenvalue weighted by molar-refractivity contribution is -0.139. The molecule has 0 aromatic carbocycles. The van der Waals surface area contributed by atoms with Gasteiger partial charge in [-0.05, 0) is 31.1 Å². The van der Waals surface area contributed by atoms with Crippen molar-refractivity contribution in [2.24, 2.45) is 17.8 Å². The van der Waals surface area contributed by atoms with Crippen molar-refractivity contribution < 1.29 is 4.79 Å². The first kappa shape index (κ1) is 17.7. The van der Waals surface area contributed by atoms with Crippen molar-refractivity contribution in [3.05, 3.63) is 0 Å². The molecule has 2 heterocycles. The van der Waals surface area contributed by atoms with Gasteiger partial charge >= 0.3 is 0 Å². The molecule has 0 bridgehead atoms. The summed E-state index contributed by atoms with van der Waals surface area (Å²) in [5.74, 6) is 2.35. The molecule has 3 atom stereocenters. The Morgan fingerprint density at radius 2 is 1.55 bits per heavy atom. The molecule has 3 unspecified atom stereocenters. The molecule has 0 spiro atoms. The molecule has 4 nitrogen and oxygen atoms in total. The number of amides is 1. The summed E-state index contributed by atoms with van der Waals surface area (Å²) in [5.41, 5.74) is 0. The minimum Gasteiger partial charge on any atom is -0.341 e. The summed E-state index contributed by atoms with van der Waals surface area (Å²) in [6.07, 6.45) is 1.26. The van der Waals surface area contributed by atoms with E-state index in [0.29, 0.717) is 17.7 Å². The molecule has 2 aliphatic heterocycles. The Labute approximate surface area is 136 Å². The van der Waals surface area contributed by atoms with Gasteiger partial charge in [0, 0.05) is 45.8 Å². The molecule has 2 saturated heterocycles. The molecule has 2 rings (SSSR count). The van der Waals surface area contributed by atoms with Gasteiger partial charge in [0.25, 0.3) is 0 Å². The molecule has 0 saturated carbocycles. The zero-order valence-electron chi connectivity index (χ0n) is 15.2. The lowest BCUT2D eigenvalue weighted by Crippen LogP contribution is -2.56. The van der Waals surface area contributed by atoms with Gasteiger partial charge in [0.1, 0.15) is 0 Å². The van der Waals surface area contributed by atoms with Gasteiger partial charge in [-0.3, -0.25) is 9.69 Å². The van der Waals surface area contributed by atoms with Crippen molar-refractivity contribution in [3.63, 3.8) is 0 Å². The minimum absolute atomic E-state index is 0.0405. The molecule has 128 valence electrons. The maximum Gasteiger partial charge on any atom is 0.239 e. The number of hydrogen-bond acceptors (Lipinski definition) is 3. The Morgan fingerprint density at radius 1 is 1.00 bits per heavy atom. The van der Waals surface area contributed by atoms with Crippen LogP contribution in [0.25, 0.3) is 0 Å². The summed E-state index contributed by atoms with van der Waals surface area (Å²) in [5, 5.41) is 0. The smallest absolute Gasteiger partial charge is 0.239 e. The number of likely N-dealkylation sites (tertiary alicyclic amines) is 1. The normalized spacial score (nSPS) is 29.8. The van der Waals surface area contributed by atoms with E-state index in [0.717, 1.165) is 45.2 Å². The molecule has 0 aliphatic carbocycles. The fourth-order valence-corrected chi connectivity index (χ4v) is 4.11. The predicted octanol–water partition coefficient (Wildman–Crippen LogP) is 2.15. The van der Waals surface area contributed by atoms with E-state index in [-0.39, 0.29) is 6.04 Å². The Kier molecular flexibility index (Phi) is 6.27. The molecule has 22 heavy (non-hydrogen) atoms. The average Bonchev–Trinajstić information content (AvgIpc) is 2.45. The van der Waals surface area contributed by atoms with Gasteiger partial charge < -0.3 is 9.80 Å². The second-order valence-electron chi connectivity index (χ2n) is 8.10. The fourth-order valence-electron chi connectivity index (χ4n) is 4.11. The van der Waals surface area contributed by atoms with Gasteiger partial charge in [-0.15, -0.1) is 0 Å². The van der Waals surface area contributed by atoms with E-state index in [2.05, 4.69) is 49.3 Å². The van der Waals surface area contributed by atoms with Crippen LogP contribution in [0.1, 0.15) is 41.0 Å². The van der Waals surface area contributed by atoms with Crippen molar-refractivity contribution >= 4 is 5.91 Å². The Bertz CT molecular complexity index is 353. The van der Waals surface area contributed by atoms with Crippen molar-refractivity contribution in [1.82, 2.24) is 14.7 Å². The zero-order valence-corrected chi connectivity index (χ0v) is 15.2. The van der Waals surface area contributed by atoms with E-state index in [1.165, 1.54) is 13.0 Å². The number of carbonyl (C=O) groups excluding carboxylic acids is 1. The van der Waals surface area contributed by atoms with Gasteiger partial charge in [-0.2, -0.15) is 0 Å². The van der Waals surface area contributed by atoms with E-state index in [1.807, 2.05) is 0 Å². The van der Waals surface area contributed by atoms with Crippen LogP contribution in [0.4, 0.5) is 0 Å². The largest absolute Gasteiger partial charge is 0.341 e. The summed E-state index contributed by atoms with van der Waals surface area (Å²) in [6, 6.07) is 0.0405. The first-order valence-electron chi connectivity index (χ1n) is 9.12. The van der Waals surface area contributed by atoms with Crippen molar-refractivity contribution in [2.75, 3.05) is 45.8 Å². The van der Waals surface area contributed by atoms with Gasteiger partial charge in [0.2, 0.25) is 5.91 Å². The van der Waals surface area contributed by atoms with Crippen LogP contribution in [0.15, 0.2) is 0 Å². The number of nitrogens with zero attached hydrogens (tertiary/aromatic N) is 3. The molecule has 1 amide bonds. The SMILES string of the molecule is CC(C)CN1CCN(C(C)C(=O)N2CC(C)CC(C)C2)CC1. The van der Waals surface area contributed by atoms with Gasteiger partial charge in [-0.1, -0.05) is 27.7 Å². The predicted molar refractivity (Wildman–Crippen MR) is 91.8 cm³/mol. The van der Waals surface area contributed by atoms with E-state index in [9.17, 15) is 4.79 Å². The first-order chi connectivity index (χ1) is 10.4. The average molecular weight is 309 g/mol. The molecule has 0 aromatic heterocycles. The third-order valence-electron chi connectivity index (χ3n) is 5.12. The number of piperazine rings is 1. The Morgan fingerprint density at radius 3 is 2.05 bits per heavy atom. The third-order valence-corrected chi connectivity index (χ3v) is 5.12. The number of rotatable bonds is 4. The topological polar surface area (TPSA) is 26.8 Å². The highest BCUT2D eigenvalue weighted by molar-refractivity contribution is 5.81. The molecule has 2 aliphatic rings. The molecule has 0 aromatic rings. The van der Waals surface area contributed by atoms with Crippen LogP contribution >= 0.6 is 0 Å². The third kappa shape index (κ3) is 4.69. The maximum absolute atomic E-state index is 12.8. The van der Waals surface area contributed by atoms with Crippen LogP contribution in [-0.2, 0) is 4.79 Å². The van der Waals surface area contributed by atoms with Crippen LogP contribution in [0.5, 0.6) is 0 Å². The summed E-state index contributed by atoms with van der Waals surface area (Å²) >= 11 is 0. The Hall–Kier alpha value is -0.610. The maximum atomic E-state index is 12.8. The lowest BCUT2D eigenvalue weighted by Gasteiger charge is -2.41. The highest BCUT2D eigenvalue weighted by atomic mass is 16.2. The molecular weight excluding hydrogens is 274 g/mol. The molecule has 0 N–H and O–H groups in total. The summed E-state index contributed by atoms with van der Waals surface area (Å²) in [4.78, 5) is 19.8. The quantitative estimate of drug-likeness (QED) is 0.796. The van der Waals surface area contributed by atoms with Gasteiger partial charge in [0.15, 0.2) is 0 Å². The standard InChI is InChI=1S/C18H35N3O/c1-14(2)11-19-6-8-20(9-7-19)17(5)18(22)21-12-15(3)10-16(4)13-21/h14-17H,6-13H2,1-5H3. The summed E-state index contributed by atoms with van der Waals surface area (Å²) in [7, 11) is 0. The van der Waals surface area contributed by atoms with Crippen molar-refractivity contribution in [1.29, 1.82) is 0 Å². The van der Waals surface area contributed by atoms with Crippen LogP contribution in [0, 0.1) is 17.8 Å². The fraction of sp³-hybridized carbons (Fsp3) is 0.944. The van der Waals surface area contributed by atoms with E-state index >= 15 is 0 Å². The lowest BCUT2D eigenvalue weighted by atomic mass is 9.91. The number of piperidine rings is 1. The van der Waals surface area contributed by atoms with Crippen molar-refractivity contribution in [2.45, 2.75) is 47.1 Å². The highest BCUT2D eigenvalue weighted by Gasteiger charge is 2.32. The Balaban J connectivity index is 1.84. The second-order valence-corrected chi connectivity index (χ2v) is 8.10. The van der Waals surface area contributed by atoms with Crippen LogP contribution in [0.3, 0.4) is 0 Å². The molecule has 4 heteroatoms. The van der Waals surface area contributed by atoms with E-state index in [1.54, 1.807) is 0 Å². The molecule has 0 radical (unpaired) electrons. The second kappa shape index (κ2) is 7.78. The molecular formula is C18H35N3O.